The molecule has 194 valence electrons. The first kappa shape index (κ1) is 27.3. The molecular formula is C25H35ClF2N4O3. The summed E-state index contributed by atoms with van der Waals surface area (Å²) in [5.41, 5.74) is 0.636. The van der Waals surface area contributed by atoms with Crippen LogP contribution in [-0.4, -0.2) is 44.8 Å². The van der Waals surface area contributed by atoms with Crippen LogP contribution < -0.4 is 10.1 Å². The lowest BCUT2D eigenvalue weighted by Crippen LogP contribution is -2.38. The SMILES string of the molecule is CCc1nc(C(=O)NC[C@H]2CC[C@H](C)C[C@@H]2O)c(Cl)n1-c1ncc(CC(C)(C)C)cc1OC(F)F. The van der Waals surface area contributed by atoms with Crippen LogP contribution in [0.3, 0.4) is 0 Å². The van der Waals surface area contributed by atoms with Crippen molar-refractivity contribution in [2.45, 2.75) is 79.4 Å². The third kappa shape index (κ3) is 6.91. The smallest absolute Gasteiger partial charge is 0.387 e. The molecule has 10 heteroatoms. The fourth-order valence-corrected chi connectivity index (χ4v) is 4.84. The average molecular weight is 513 g/mol. The van der Waals surface area contributed by atoms with Crippen molar-refractivity contribution >= 4 is 17.5 Å². The standard InChI is InChI=1S/C25H35ClF2N4O3/c1-6-19-31-20(23(34)30-13-16-8-7-14(2)9-17(16)33)21(26)32(19)22-18(35-24(27)28)10-15(12-29-22)11-25(3,4)5/h10,12,14,16-17,24,33H,6-9,11,13H2,1-5H3,(H,30,34)/t14-,16+,17-/m0/s1. The number of carbonyl (C=O) groups excluding carboxylic acids is 1. The van der Waals surface area contributed by atoms with Gasteiger partial charge in [0.05, 0.1) is 6.10 Å². The molecule has 1 aliphatic rings. The van der Waals surface area contributed by atoms with Crippen LogP contribution in [0.1, 0.15) is 75.8 Å². The summed E-state index contributed by atoms with van der Waals surface area (Å²) in [6, 6.07) is 1.53. The van der Waals surface area contributed by atoms with Gasteiger partial charge in [0.25, 0.3) is 5.91 Å². The van der Waals surface area contributed by atoms with Crippen LogP contribution in [0.25, 0.3) is 5.82 Å². The van der Waals surface area contributed by atoms with E-state index < -0.39 is 18.6 Å². The molecule has 1 saturated carbocycles. The van der Waals surface area contributed by atoms with Gasteiger partial charge < -0.3 is 15.2 Å². The molecule has 0 spiro atoms. The number of amides is 1. The maximum absolute atomic E-state index is 13.2. The zero-order valence-corrected chi connectivity index (χ0v) is 21.7. The lowest BCUT2D eigenvalue weighted by Gasteiger charge is -2.31. The Bertz CT molecular complexity index is 1040. The van der Waals surface area contributed by atoms with E-state index in [0.29, 0.717) is 37.5 Å². The summed E-state index contributed by atoms with van der Waals surface area (Å²) in [5, 5.41) is 13.1. The predicted octanol–water partition coefficient (Wildman–Crippen LogP) is 5.20. The zero-order chi connectivity index (χ0) is 25.9. The van der Waals surface area contributed by atoms with E-state index in [4.69, 9.17) is 16.3 Å². The van der Waals surface area contributed by atoms with Crippen molar-refractivity contribution in [3.05, 3.63) is 34.5 Å². The van der Waals surface area contributed by atoms with Gasteiger partial charge in [0.2, 0.25) is 0 Å². The molecule has 0 aromatic carbocycles. The monoisotopic (exact) mass is 512 g/mol. The average Bonchev–Trinajstić information content (AvgIpc) is 3.08. The number of pyridine rings is 1. The highest BCUT2D eigenvalue weighted by Crippen LogP contribution is 2.32. The molecule has 0 unspecified atom stereocenters. The lowest BCUT2D eigenvalue weighted by atomic mass is 9.81. The van der Waals surface area contributed by atoms with Gasteiger partial charge in [0.1, 0.15) is 11.0 Å². The lowest BCUT2D eigenvalue weighted by molar-refractivity contribution is -0.0501. The Morgan fingerprint density at radius 3 is 2.69 bits per heavy atom. The fourth-order valence-electron chi connectivity index (χ4n) is 4.54. The van der Waals surface area contributed by atoms with Gasteiger partial charge in [-0.05, 0) is 42.2 Å². The summed E-state index contributed by atoms with van der Waals surface area (Å²) < 4.78 is 32.7. The summed E-state index contributed by atoms with van der Waals surface area (Å²) >= 11 is 6.57. The molecule has 2 aromatic rings. The van der Waals surface area contributed by atoms with Gasteiger partial charge >= 0.3 is 6.61 Å². The van der Waals surface area contributed by atoms with Gasteiger partial charge in [0.15, 0.2) is 17.3 Å². The highest BCUT2D eigenvalue weighted by molar-refractivity contribution is 6.32. The summed E-state index contributed by atoms with van der Waals surface area (Å²) in [6.07, 6.45) is 4.65. The van der Waals surface area contributed by atoms with Crippen LogP contribution in [0, 0.1) is 17.3 Å². The number of alkyl halides is 2. The number of aliphatic hydroxyl groups excluding tert-OH is 1. The van der Waals surface area contributed by atoms with Gasteiger partial charge in [-0.3, -0.25) is 9.36 Å². The predicted molar refractivity (Wildman–Crippen MR) is 130 cm³/mol. The number of hydrogen-bond acceptors (Lipinski definition) is 5. The third-order valence-electron chi connectivity index (χ3n) is 6.22. The van der Waals surface area contributed by atoms with Gasteiger partial charge in [-0.2, -0.15) is 8.78 Å². The summed E-state index contributed by atoms with van der Waals surface area (Å²) in [5.74, 6) is 0.234. The first-order chi connectivity index (χ1) is 16.4. The molecule has 35 heavy (non-hydrogen) atoms. The first-order valence-electron chi connectivity index (χ1n) is 12.1. The van der Waals surface area contributed by atoms with Crippen molar-refractivity contribution in [1.82, 2.24) is 19.9 Å². The molecule has 1 fully saturated rings. The Morgan fingerprint density at radius 2 is 2.09 bits per heavy atom. The minimum absolute atomic E-state index is 0.0225. The number of imidazole rings is 1. The van der Waals surface area contributed by atoms with Gasteiger partial charge in [-0.1, -0.05) is 52.6 Å². The minimum Gasteiger partial charge on any atom is -0.431 e. The number of hydrogen-bond donors (Lipinski definition) is 2. The summed E-state index contributed by atoms with van der Waals surface area (Å²) in [7, 11) is 0. The molecule has 3 atom stereocenters. The van der Waals surface area contributed by atoms with Crippen molar-refractivity contribution in [2.24, 2.45) is 17.3 Å². The van der Waals surface area contributed by atoms with Crippen LogP contribution in [0.15, 0.2) is 12.3 Å². The Balaban J connectivity index is 1.90. The Labute approximate surface area is 210 Å². The molecule has 0 saturated heterocycles. The maximum atomic E-state index is 13.2. The highest BCUT2D eigenvalue weighted by Gasteiger charge is 2.29. The van der Waals surface area contributed by atoms with Crippen LogP contribution in [0.5, 0.6) is 5.75 Å². The molecule has 1 amide bonds. The van der Waals surface area contributed by atoms with E-state index >= 15 is 0 Å². The van der Waals surface area contributed by atoms with E-state index in [1.54, 1.807) is 6.20 Å². The minimum atomic E-state index is -3.06. The second kappa shape index (κ2) is 11.2. The zero-order valence-electron chi connectivity index (χ0n) is 20.9. The van der Waals surface area contributed by atoms with Crippen LogP contribution >= 0.6 is 11.6 Å². The van der Waals surface area contributed by atoms with E-state index in [1.165, 1.54) is 10.6 Å². The number of rotatable bonds is 8. The fraction of sp³-hybridized carbons (Fsp3) is 0.640. The van der Waals surface area contributed by atoms with Crippen molar-refractivity contribution < 1.29 is 23.4 Å². The van der Waals surface area contributed by atoms with Crippen molar-refractivity contribution in [3.8, 4) is 11.6 Å². The van der Waals surface area contributed by atoms with E-state index in [2.05, 4.69) is 22.2 Å². The maximum Gasteiger partial charge on any atom is 0.387 e. The molecule has 0 aliphatic heterocycles. The van der Waals surface area contributed by atoms with Gasteiger partial charge in [-0.15, -0.1) is 0 Å². The third-order valence-corrected chi connectivity index (χ3v) is 6.56. The number of halogens is 3. The molecular weight excluding hydrogens is 478 g/mol. The largest absolute Gasteiger partial charge is 0.431 e. The molecule has 2 aromatic heterocycles. The molecule has 0 radical (unpaired) electrons. The summed E-state index contributed by atoms with van der Waals surface area (Å²) in [4.78, 5) is 21.7. The number of carbonyl (C=O) groups is 1. The topological polar surface area (TPSA) is 89.3 Å². The number of nitrogens with zero attached hydrogens (tertiary/aromatic N) is 3. The highest BCUT2D eigenvalue weighted by atomic mass is 35.5. The van der Waals surface area contributed by atoms with Crippen LogP contribution in [0.4, 0.5) is 8.78 Å². The first-order valence-corrected chi connectivity index (χ1v) is 12.4. The normalized spacial score (nSPS) is 20.8. The van der Waals surface area contributed by atoms with Crippen LogP contribution in [-0.2, 0) is 12.8 Å². The van der Waals surface area contributed by atoms with Crippen molar-refractivity contribution in [3.63, 3.8) is 0 Å². The molecule has 3 rings (SSSR count). The molecule has 0 bridgehead atoms. The molecule has 2 heterocycles. The van der Waals surface area contributed by atoms with Crippen molar-refractivity contribution in [2.75, 3.05) is 6.54 Å². The Hall–Kier alpha value is -2.26. The quantitative estimate of drug-likeness (QED) is 0.507. The van der Waals surface area contributed by atoms with E-state index in [1.807, 2.05) is 27.7 Å². The molecule has 7 nitrogen and oxygen atoms in total. The van der Waals surface area contributed by atoms with E-state index in [-0.39, 0.29) is 33.7 Å². The number of aromatic nitrogens is 3. The number of aryl methyl sites for hydroxylation is 1. The van der Waals surface area contributed by atoms with Gasteiger partial charge in [-0.25, -0.2) is 9.97 Å². The molecule has 1 aliphatic carbocycles. The second-order valence-corrected chi connectivity index (χ2v) is 11.0. The number of nitrogens with one attached hydrogen (secondary N) is 1. The number of ether oxygens (including phenoxy) is 1. The van der Waals surface area contributed by atoms with Gasteiger partial charge in [0, 0.05) is 25.1 Å². The van der Waals surface area contributed by atoms with Crippen molar-refractivity contribution in [1.29, 1.82) is 0 Å². The van der Waals surface area contributed by atoms with E-state index in [9.17, 15) is 18.7 Å². The van der Waals surface area contributed by atoms with Crippen LogP contribution in [0.2, 0.25) is 5.15 Å². The molecule has 2 N–H and O–H groups in total. The Kier molecular flexibility index (Phi) is 8.75. The second-order valence-electron chi connectivity index (χ2n) is 10.6. The van der Waals surface area contributed by atoms with E-state index in [0.717, 1.165) is 18.4 Å². The Morgan fingerprint density at radius 1 is 1.37 bits per heavy atom. The summed E-state index contributed by atoms with van der Waals surface area (Å²) in [6.45, 7) is 7.28. The number of aliphatic hydroxyl groups is 1.